The Kier molecular flexibility index (Phi) is 19.4. The predicted octanol–water partition coefficient (Wildman–Crippen LogP) is 11.4. The molecule has 1 saturated heterocycles. The Morgan fingerprint density at radius 3 is 2.36 bits per heavy atom. The van der Waals surface area contributed by atoms with Crippen LogP contribution in [0.15, 0.2) is 90.1 Å². The standard InChI is InChI=1S/C56H79N3O8/c1-4-6-7-8-9-10-11-12-13-20-36-65-55(62)59(41-44-25-21-24-42-22-14-15-26-46(42)44)52-40-50(57-63-3)48-38-43(23-16-18-33-60)47(27-17-19-34-61)53-49-39-45(64-37-32-58-30-31-58)28-29-51(49)67-56(52,54(48)53)66-35-5-2/h5,14-15,21-22,24-26,28-29,38-39,43,47,52-54,60-61H,2,4,6-13,16-20,23,27,30-37,40-41H2,1,3H3. The van der Waals surface area contributed by atoms with E-state index in [1.165, 1.54) is 44.9 Å². The number of benzene rings is 3. The Morgan fingerprint density at radius 1 is 0.896 bits per heavy atom. The number of aliphatic hydroxyl groups is 2. The summed E-state index contributed by atoms with van der Waals surface area (Å²) in [6, 6.07) is 20.0. The minimum Gasteiger partial charge on any atom is -0.492 e. The summed E-state index contributed by atoms with van der Waals surface area (Å²) in [5, 5.41) is 26.9. The Labute approximate surface area is 400 Å². The van der Waals surface area contributed by atoms with Crippen LogP contribution in [-0.4, -0.2) is 103 Å². The van der Waals surface area contributed by atoms with E-state index in [1.807, 2.05) is 29.2 Å². The minimum atomic E-state index is -1.39. The van der Waals surface area contributed by atoms with Crippen LogP contribution < -0.4 is 9.47 Å². The van der Waals surface area contributed by atoms with E-state index in [4.69, 9.17) is 28.9 Å². The molecule has 4 aliphatic rings. The maximum Gasteiger partial charge on any atom is 0.410 e. The molecule has 1 amide bonds. The van der Waals surface area contributed by atoms with Gasteiger partial charge in [0, 0.05) is 50.8 Å². The molecule has 3 aromatic carbocycles. The summed E-state index contributed by atoms with van der Waals surface area (Å²) in [5.74, 6) is -0.221. The molecular weight excluding hydrogens is 843 g/mol. The second-order valence-electron chi connectivity index (χ2n) is 19.2. The third kappa shape index (κ3) is 12.8. The molecule has 2 aliphatic heterocycles. The van der Waals surface area contributed by atoms with E-state index in [0.717, 1.165) is 104 Å². The summed E-state index contributed by atoms with van der Waals surface area (Å²) in [5.41, 5.74) is 3.79. The van der Waals surface area contributed by atoms with Gasteiger partial charge in [-0.2, -0.15) is 0 Å². The first kappa shape index (κ1) is 50.5. The van der Waals surface area contributed by atoms with E-state index >= 15 is 4.79 Å². The van der Waals surface area contributed by atoms with Crippen molar-refractivity contribution in [3.8, 4) is 11.5 Å². The zero-order valence-corrected chi connectivity index (χ0v) is 40.6. The van der Waals surface area contributed by atoms with Gasteiger partial charge in [-0.05, 0) is 84.0 Å². The molecule has 2 fully saturated rings. The lowest BCUT2D eigenvalue weighted by Gasteiger charge is -2.59. The van der Waals surface area contributed by atoms with Crippen LogP contribution in [-0.2, 0) is 20.9 Å². The number of carbonyl (C=O) groups excluding carboxylic acids is 1. The smallest absolute Gasteiger partial charge is 0.410 e. The number of nitrogens with zero attached hydrogens (tertiary/aromatic N) is 3. The summed E-state index contributed by atoms with van der Waals surface area (Å²) in [4.78, 5) is 25.1. The fourth-order valence-corrected chi connectivity index (χ4v) is 11.2. The predicted molar refractivity (Wildman–Crippen MR) is 267 cm³/mol. The maximum absolute atomic E-state index is 15.1. The molecule has 67 heavy (non-hydrogen) atoms. The lowest BCUT2D eigenvalue weighted by Crippen LogP contribution is -2.70. The van der Waals surface area contributed by atoms with Crippen molar-refractivity contribution in [1.29, 1.82) is 0 Å². The van der Waals surface area contributed by atoms with Crippen molar-refractivity contribution in [2.45, 2.75) is 140 Å². The lowest BCUT2D eigenvalue weighted by atomic mass is 9.55. The van der Waals surface area contributed by atoms with Gasteiger partial charge in [0.15, 0.2) is 0 Å². The molecular formula is C56H79N3O8. The van der Waals surface area contributed by atoms with Crippen LogP contribution in [0.25, 0.3) is 10.8 Å². The van der Waals surface area contributed by atoms with Crippen molar-refractivity contribution in [1.82, 2.24) is 9.80 Å². The average Bonchev–Trinajstić information content (AvgIpc) is 4.18. The van der Waals surface area contributed by atoms with Crippen LogP contribution >= 0.6 is 0 Å². The number of ether oxygens (including phenoxy) is 4. The summed E-state index contributed by atoms with van der Waals surface area (Å²) < 4.78 is 27.5. The monoisotopic (exact) mass is 922 g/mol. The molecule has 3 aromatic rings. The number of hydrogen-bond acceptors (Lipinski definition) is 10. The molecule has 0 spiro atoms. The zero-order chi connectivity index (χ0) is 46.9. The van der Waals surface area contributed by atoms with Crippen LogP contribution in [0, 0.1) is 17.8 Å². The van der Waals surface area contributed by atoms with Gasteiger partial charge in [-0.3, -0.25) is 9.80 Å². The highest BCUT2D eigenvalue weighted by Crippen LogP contribution is 2.62. The van der Waals surface area contributed by atoms with E-state index < -0.39 is 23.8 Å². The Bertz CT molecular complexity index is 2080. The fraction of sp³-hybridized carbons (Fsp3) is 0.607. The maximum atomic E-state index is 15.1. The van der Waals surface area contributed by atoms with Gasteiger partial charge in [0.05, 0.1) is 31.4 Å². The summed E-state index contributed by atoms with van der Waals surface area (Å²) in [6.07, 6.45) is 20.7. The highest BCUT2D eigenvalue weighted by molar-refractivity contribution is 6.03. The van der Waals surface area contributed by atoms with Crippen molar-refractivity contribution in [2.75, 3.05) is 59.8 Å². The molecule has 0 bridgehead atoms. The Balaban J connectivity index is 1.30. The molecule has 6 unspecified atom stereocenters. The van der Waals surface area contributed by atoms with Crippen molar-refractivity contribution in [3.05, 3.63) is 96.1 Å². The quantitative estimate of drug-likeness (QED) is 0.0291. The van der Waals surface area contributed by atoms with Crippen LogP contribution in [0.5, 0.6) is 11.5 Å². The molecule has 1 saturated carbocycles. The SMILES string of the molecule is C=CCOC12Oc3ccc(OCCN4CC4)cc3C3C(CCCCO)C(CCCCO)C=C(C(=NOC)CC1N(Cc1cccc4ccccc14)C(=O)OCCCCCCCCCCCC)C32. The number of fused-ring (bicyclic) bond motifs is 3. The van der Waals surface area contributed by atoms with Gasteiger partial charge in [-0.15, -0.1) is 6.58 Å². The van der Waals surface area contributed by atoms with Crippen LogP contribution in [0.2, 0.25) is 0 Å². The third-order valence-electron chi connectivity index (χ3n) is 14.6. The van der Waals surface area contributed by atoms with E-state index in [0.29, 0.717) is 38.2 Å². The molecule has 2 heterocycles. The van der Waals surface area contributed by atoms with Gasteiger partial charge in [-0.25, -0.2) is 4.79 Å². The van der Waals surface area contributed by atoms with E-state index in [-0.39, 0.29) is 44.1 Å². The first-order valence-electron chi connectivity index (χ1n) is 25.8. The molecule has 0 aromatic heterocycles. The molecule has 7 rings (SSSR count). The summed E-state index contributed by atoms with van der Waals surface area (Å²) in [6.45, 7) is 11.1. The van der Waals surface area contributed by atoms with E-state index in [1.54, 1.807) is 13.2 Å². The number of oxime groups is 1. The molecule has 6 atom stereocenters. The number of hydrogen-bond donors (Lipinski definition) is 2. The number of allylic oxidation sites excluding steroid dienone is 1. The highest BCUT2D eigenvalue weighted by Gasteiger charge is 2.65. The van der Waals surface area contributed by atoms with Crippen LogP contribution in [0.4, 0.5) is 4.79 Å². The minimum absolute atomic E-state index is 0.110. The number of unbranched alkanes of at least 4 members (excludes halogenated alkanes) is 11. The zero-order valence-electron chi connectivity index (χ0n) is 40.6. The second-order valence-corrected chi connectivity index (χ2v) is 19.2. The van der Waals surface area contributed by atoms with Gasteiger partial charge in [0.1, 0.15) is 31.3 Å². The molecule has 2 aliphatic carbocycles. The summed E-state index contributed by atoms with van der Waals surface area (Å²) >= 11 is 0. The third-order valence-corrected chi connectivity index (χ3v) is 14.6. The first-order chi connectivity index (χ1) is 33.0. The summed E-state index contributed by atoms with van der Waals surface area (Å²) in [7, 11) is 1.58. The number of aliphatic hydroxyl groups excluding tert-OH is 2. The molecule has 11 heteroatoms. The van der Waals surface area contributed by atoms with Crippen molar-refractivity contribution in [3.63, 3.8) is 0 Å². The molecule has 366 valence electrons. The second kappa shape index (κ2) is 25.8. The molecule has 2 N–H and O–H groups in total. The first-order valence-corrected chi connectivity index (χ1v) is 25.8. The van der Waals surface area contributed by atoms with E-state index in [2.05, 4.69) is 60.9 Å². The molecule has 11 nitrogen and oxygen atoms in total. The van der Waals surface area contributed by atoms with Crippen molar-refractivity contribution >= 4 is 22.6 Å². The van der Waals surface area contributed by atoms with Gasteiger partial charge < -0.3 is 34.0 Å². The largest absolute Gasteiger partial charge is 0.492 e. The molecule has 0 radical (unpaired) electrons. The van der Waals surface area contributed by atoms with Crippen LogP contribution in [0.1, 0.15) is 133 Å². The Morgan fingerprint density at radius 2 is 1.63 bits per heavy atom. The van der Waals surface area contributed by atoms with Crippen LogP contribution in [0.3, 0.4) is 0 Å². The highest BCUT2D eigenvalue weighted by atomic mass is 16.7. The van der Waals surface area contributed by atoms with Gasteiger partial charge >= 0.3 is 6.09 Å². The van der Waals surface area contributed by atoms with Gasteiger partial charge in [0.25, 0.3) is 0 Å². The number of rotatable bonds is 30. The normalized spacial score (nSPS) is 23.5. The topological polar surface area (TPSA) is 122 Å². The van der Waals surface area contributed by atoms with Crippen molar-refractivity contribution < 1.29 is 38.8 Å². The van der Waals surface area contributed by atoms with E-state index in [9.17, 15) is 10.2 Å². The average molecular weight is 922 g/mol. The van der Waals surface area contributed by atoms with Gasteiger partial charge in [-0.1, -0.05) is 137 Å². The Hall–Kier alpha value is -4.42. The lowest BCUT2D eigenvalue weighted by molar-refractivity contribution is -0.256. The van der Waals surface area contributed by atoms with Crippen molar-refractivity contribution in [2.24, 2.45) is 22.9 Å². The number of amides is 1. The van der Waals surface area contributed by atoms with Gasteiger partial charge in [0.2, 0.25) is 5.79 Å². The number of carbonyl (C=O) groups is 1. The fourth-order valence-electron chi connectivity index (χ4n) is 11.2.